The van der Waals surface area contributed by atoms with Gasteiger partial charge < -0.3 is 14.2 Å². The number of hydrogen-bond donors (Lipinski definition) is 0. The molecule has 150 valence electrons. The summed E-state index contributed by atoms with van der Waals surface area (Å²) >= 11 is 1.67. The van der Waals surface area contributed by atoms with Gasteiger partial charge in [0.25, 0.3) is 0 Å². The Hall–Kier alpha value is -2.09. The van der Waals surface area contributed by atoms with Crippen LogP contribution in [0.25, 0.3) is 4.96 Å². The molecule has 0 bridgehead atoms. The summed E-state index contributed by atoms with van der Waals surface area (Å²) in [4.78, 5) is 8.18. The molecule has 0 radical (unpaired) electrons. The van der Waals surface area contributed by atoms with Gasteiger partial charge in [0, 0.05) is 43.4 Å². The van der Waals surface area contributed by atoms with Crippen molar-refractivity contribution >= 4 is 16.3 Å². The molecule has 1 aliphatic rings. The van der Waals surface area contributed by atoms with Crippen molar-refractivity contribution in [3.05, 3.63) is 46.7 Å². The molecule has 3 aromatic rings. The predicted octanol–water partition coefficient (Wildman–Crippen LogP) is 3.90. The molecule has 1 saturated heterocycles. The number of fused-ring (bicyclic) bond motifs is 1. The van der Waals surface area contributed by atoms with Crippen LogP contribution in [0.4, 0.5) is 0 Å². The van der Waals surface area contributed by atoms with E-state index in [1.54, 1.807) is 25.6 Å². The number of benzene rings is 1. The lowest BCUT2D eigenvalue weighted by Crippen LogP contribution is -2.32. The number of para-hydroxylation sites is 1. The fourth-order valence-corrected chi connectivity index (χ4v) is 4.70. The van der Waals surface area contributed by atoms with E-state index in [9.17, 15) is 0 Å². The quantitative estimate of drug-likeness (QED) is 0.573. The largest absolute Gasteiger partial charge is 0.493 e. The van der Waals surface area contributed by atoms with Gasteiger partial charge in [0.1, 0.15) is 0 Å². The SMILES string of the molecule is COc1cccc(CN(Cc2c(C)nc3sccn23)C[C@@H]2CCCO2)c1OC. The van der Waals surface area contributed by atoms with Crippen LogP contribution in [-0.2, 0) is 17.8 Å². The van der Waals surface area contributed by atoms with Crippen LogP contribution in [-0.4, -0.2) is 47.8 Å². The lowest BCUT2D eigenvalue weighted by Gasteiger charge is -2.26. The van der Waals surface area contributed by atoms with E-state index in [-0.39, 0.29) is 6.10 Å². The Morgan fingerprint density at radius 2 is 2.18 bits per heavy atom. The van der Waals surface area contributed by atoms with Gasteiger partial charge in [0.15, 0.2) is 16.5 Å². The summed E-state index contributed by atoms with van der Waals surface area (Å²) in [6.07, 6.45) is 4.64. The third-order valence-electron chi connectivity index (χ3n) is 5.30. The molecule has 1 aliphatic heterocycles. The topological polar surface area (TPSA) is 48.2 Å². The van der Waals surface area contributed by atoms with Crippen molar-refractivity contribution in [2.45, 2.75) is 39.0 Å². The van der Waals surface area contributed by atoms with Crippen LogP contribution in [0.2, 0.25) is 0 Å². The maximum atomic E-state index is 5.93. The molecule has 3 heterocycles. The maximum absolute atomic E-state index is 5.93. The van der Waals surface area contributed by atoms with Crippen LogP contribution in [0.15, 0.2) is 29.8 Å². The van der Waals surface area contributed by atoms with Gasteiger partial charge in [0.05, 0.1) is 31.7 Å². The number of nitrogens with zero attached hydrogens (tertiary/aromatic N) is 3. The van der Waals surface area contributed by atoms with Crippen LogP contribution in [0.1, 0.15) is 29.8 Å². The van der Waals surface area contributed by atoms with E-state index in [4.69, 9.17) is 19.2 Å². The van der Waals surface area contributed by atoms with Gasteiger partial charge in [-0.3, -0.25) is 9.30 Å². The van der Waals surface area contributed by atoms with Crippen molar-refractivity contribution in [1.82, 2.24) is 14.3 Å². The predicted molar refractivity (Wildman–Crippen MR) is 110 cm³/mol. The van der Waals surface area contributed by atoms with Crippen LogP contribution < -0.4 is 9.47 Å². The zero-order valence-corrected chi connectivity index (χ0v) is 17.5. The van der Waals surface area contributed by atoms with E-state index in [2.05, 4.69) is 33.9 Å². The molecule has 1 fully saturated rings. The summed E-state index contributed by atoms with van der Waals surface area (Å²) in [6, 6.07) is 6.05. The summed E-state index contributed by atoms with van der Waals surface area (Å²) in [6.45, 7) is 5.41. The minimum atomic E-state index is 0.280. The van der Waals surface area contributed by atoms with Gasteiger partial charge in [-0.2, -0.15) is 0 Å². The third-order valence-corrected chi connectivity index (χ3v) is 6.06. The first-order chi connectivity index (χ1) is 13.7. The van der Waals surface area contributed by atoms with Crippen molar-refractivity contribution in [3.63, 3.8) is 0 Å². The highest BCUT2D eigenvalue weighted by Crippen LogP contribution is 2.32. The highest BCUT2D eigenvalue weighted by molar-refractivity contribution is 7.15. The molecule has 0 unspecified atom stereocenters. The molecule has 2 aromatic heterocycles. The summed E-state index contributed by atoms with van der Waals surface area (Å²) in [7, 11) is 3.37. The molecule has 7 heteroatoms. The molecule has 6 nitrogen and oxygen atoms in total. The van der Waals surface area contributed by atoms with Crippen molar-refractivity contribution in [1.29, 1.82) is 0 Å². The summed E-state index contributed by atoms with van der Waals surface area (Å²) in [5.74, 6) is 1.56. The highest BCUT2D eigenvalue weighted by Gasteiger charge is 2.23. The standard InChI is InChI=1S/C21H27N3O3S/c1-15-18(24-9-11-28-21(24)22-15)14-23(13-17-7-5-10-27-17)12-16-6-4-8-19(25-2)20(16)26-3/h4,6,8-9,11,17H,5,7,10,12-14H2,1-3H3/t17-/m0/s1. The second kappa shape index (κ2) is 8.51. The van der Waals surface area contributed by atoms with E-state index in [1.165, 1.54) is 5.69 Å². The van der Waals surface area contributed by atoms with Crippen LogP contribution >= 0.6 is 11.3 Å². The van der Waals surface area contributed by atoms with Gasteiger partial charge in [-0.15, -0.1) is 11.3 Å². The lowest BCUT2D eigenvalue weighted by molar-refractivity contribution is 0.0670. The fraction of sp³-hybridized carbons (Fsp3) is 0.476. The smallest absolute Gasteiger partial charge is 0.194 e. The van der Waals surface area contributed by atoms with Gasteiger partial charge in [-0.05, 0) is 25.8 Å². The van der Waals surface area contributed by atoms with Gasteiger partial charge in [-0.25, -0.2) is 4.98 Å². The number of ether oxygens (including phenoxy) is 3. The number of aromatic nitrogens is 2. The summed E-state index contributed by atoms with van der Waals surface area (Å²) < 4.78 is 19.3. The summed E-state index contributed by atoms with van der Waals surface area (Å²) in [5.41, 5.74) is 3.43. The molecule has 1 atom stereocenters. The minimum Gasteiger partial charge on any atom is -0.493 e. The normalized spacial score (nSPS) is 16.9. The number of thiazole rings is 1. The van der Waals surface area contributed by atoms with Crippen molar-refractivity contribution in [2.24, 2.45) is 0 Å². The number of hydrogen-bond acceptors (Lipinski definition) is 6. The Morgan fingerprint density at radius 1 is 1.29 bits per heavy atom. The van der Waals surface area contributed by atoms with Crippen molar-refractivity contribution < 1.29 is 14.2 Å². The van der Waals surface area contributed by atoms with E-state index < -0.39 is 0 Å². The van der Waals surface area contributed by atoms with E-state index >= 15 is 0 Å². The number of imidazole rings is 1. The lowest BCUT2D eigenvalue weighted by atomic mass is 10.1. The number of rotatable bonds is 8. The van der Waals surface area contributed by atoms with Crippen LogP contribution in [0.3, 0.4) is 0 Å². The van der Waals surface area contributed by atoms with Gasteiger partial charge >= 0.3 is 0 Å². The Labute approximate surface area is 169 Å². The van der Waals surface area contributed by atoms with Crippen molar-refractivity contribution in [3.8, 4) is 11.5 Å². The highest BCUT2D eigenvalue weighted by atomic mass is 32.1. The Balaban J connectivity index is 1.62. The molecule has 0 N–H and O–H groups in total. The van der Waals surface area contributed by atoms with E-state index in [0.29, 0.717) is 0 Å². The van der Waals surface area contributed by atoms with Crippen molar-refractivity contribution in [2.75, 3.05) is 27.4 Å². The second-order valence-electron chi connectivity index (χ2n) is 7.16. The molecular weight excluding hydrogens is 374 g/mol. The molecule has 0 spiro atoms. The summed E-state index contributed by atoms with van der Waals surface area (Å²) in [5, 5.41) is 2.08. The Kier molecular flexibility index (Phi) is 5.85. The van der Waals surface area contributed by atoms with E-state index in [0.717, 1.165) is 66.8 Å². The Morgan fingerprint density at radius 3 is 2.93 bits per heavy atom. The third kappa shape index (κ3) is 3.87. The first kappa shape index (κ1) is 19.2. The minimum absolute atomic E-state index is 0.280. The average molecular weight is 402 g/mol. The second-order valence-corrected chi connectivity index (χ2v) is 8.03. The number of methoxy groups -OCH3 is 2. The van der Waals surface area contributed by atoms with Gasteiger partial charge in [0.2, 0.25) is 0 Å². The maximum Gasteiger partial charge on any atom is 0.194 e. The molecular formula is C21H27N3O3S. The molecule has 4 rings (SSSR count). The Bertz CT molecular complexity index is 930. The molecule has 1 aromatic carbocycles. The molecule has 0 aliphatic carbocycles. The van der Waals surface area contributed by atoms with Crippen LogP contribution in [0.5, 0.6) is 11.5 Å². The average Bonchev–Trinajstić information content (AvgIpc) is 3.42. The fourth-order valence-electron chi connectivity index (χ4n) is 3.92. The number of aryl methyl sites for hydroxylation is 1. The zero-order valence-electron chi connectivity index (χ0n) is 16.7. The first-order valence-corrected chi connectivity index (χ1v) is 10.5. The monoisotopic (exact) mass is 401 g/mol. The van der Waals surface area contributed by atoms with Crippen LogP contribution in [0, 0.1) is 6.92 Å². The van der Waals surface area contributed by atoms with E-state index in [1.807, 2.05) is 12.1 Å². The first-order valence-electron chi connectivity index (χ1n) is 9.64. The molecule has 0 amide bonds. The van der Waals surface area contributed by atoms with Gasteiger partial charge in [-0.1, -0.05) is 12.1 Å². The zero-order chi connectivity index (χ0) is 19.5. The molecule has 28 heavy (non-hydrogen) atoms. The molecule has 0 saturated carbocycles.